The van der Waals surface area contributed by atoms with E-state index in [9.17, 15) is 10.2 Å². The zero-order valence-corrected chi connectivity index (χ0v) is 15.0. The van der Waals surface area contributed by atoms with Crippen LogP contribution in [0.4, 0.5) is 0 Å². The number of nitrogens with two attached hydrogens (primary N) is 1. The lowest BCUT2D eigenvalue weighted by Gasteiger charge is -2.37. The number of benzene rings is 1. The lowest BCUT2D eigenvalue weighted by molar-refractivity contribution is 0.0690. The highest BCUT2D eigenvalue weighted by atomic mass is 16.5. The van der Waals surface area contributed by atoms with Crippen molar-refractivity contribution in [3.05, 3.63) is 29.3 Å². The summed E-state index contributed by atoms with van der Waals surface area (Å²) in [5.41, 5.74) is 7.85. The summed E-state index contributed by atoms with van der Waals surface area (Å²) in [6, 6.07) is 6.32. The molecule has 0 bridgehead atoms. The molecule has 0 aromatic heterocycles. The van der Waals surface area contributed by atoms with Crippen LogP contribution in [0.25, 0.3) is 0 Å². The van der Waals surface area contributed by atoms with E-state index in [1.54, 1.807) is 0 Å². The second-order valence-corrected chi connectivity index (χ2v) is 7.18. The Morgan fingerprint density at radius 2 is 1.88 bits per heavy atom. The summed E-state index contributed by atoms with van der Waals surface area (Å²) in [5, 5.41) is 19.1. The summed E-state index contributed by atoms with van der Waals surface area (Å²) in [6.45, 7) is 2.62. The van der Waals surface area contributed by atoms with Crippen molar-refractivity contribution in [2.45, 2.75) is 63.8 Å². The minimum atomic E-state index is -0.895. The summed E-state index contributed by atoms with van der Waals surface area (Å²) in [7, 11) is 0. The number of aliphatic hydroxyl groups is 2. The predicted octanol–water partition coefficient (Wildman–Crippen LogP) is 2.82. The Morgan fingerprint density at radius 3 is 2.58 bits per heavy atom. The summed E-state index contributed by atoms with van der Waals surface area (Å²) in [5.74, 6) is 1.02. The van der Waals surface area contributed by atoms with Crippen LogP contribution >= 0.6 is 0 Å². The van der Waals surface area contributed by atoms with Gasteiger partial charge in [-0.25, -0.2) is 0 Å². The van der Waals surface area contributed by atoms with Gasteiger partial charge in [0, 0.05) is 0 Å². The molecule has 2 rings (SSSR count). The molecule has 0 saturated heterocycles. The molecular formula is C20H33NO3. The van der Waals surface area contributed by atoms with Crippen LogP contribution in [0.5, 0.6) is 5.75 Å². The van der Waals surface area contributed by atoms with Crippen molar-refractivity contribution in [2.24, 2.45) is 11.7 Å². The summed E-state index contributed by atoms with van der Waals surface area (Å²) in [4.78, 5) is 0. The standard InChI is InChI=1S/C20H33NO3/c1-2-3-4-5-6-11-24-19-10-8-16-7-9-18(12-17(16)13-19)20(21,14-22)15-23/h8,10,13,18,22-23H,2-7,9,11-12,14-15,21H2,1H3/t18-/m1/s1. The molecule has 1 atom stereocenters. The zero-order chi connectivity index (χ0) is 17.4. The van der Waals surface area contributed by atoms with Crippen LogP contribution < -0.4 is 10.5 Å². The van der Waals surface area contributed by atoms with E-state index in [-0.39, 0.29) is 19.1 Å². The average Bonchev–Trinajstić information content (AvgIpc) is 2.63. The fraction of sp³-hybridized carbons (Fsp3) is 0.700. The second kappa shape index (κ2) is 9.40. The van der Waals surface area contributed by atoms with Gasteiger partial charge < -0.3 is 20.7 Å². The highest BCUT2D eigenvalue weighted by Gasteiger charge is 2.36. The molecule has 0 spiro atoms. The van der Waals surface area contributed by atoms with Gasteiger partial charge in [0.25, 0.3) is 0 Å². The largest absolute Gasteiger partial charge is 0.494 e. The first kappa shape index (κ1) is 19.2. The van der Waals surface area contributed by atoms with Crippen LogP contribution in [-0.4, -0.2) is 35.6 Å². The van der Waals surface area contributed by atoms with Gasteiger partial charge in [-0.3, -0.25) is 0 Å². The van der Waals surface area contributed by atoms with E-state index in [0.717, 1.165) is 38.0 Å². The molecule has 0 heterocycles. The van der Waals surface area contributed by atoms with E-state index < -0.39 is 5.54 Å². The Balaban J connectivity index is 1.90. The maximum atomic E-state index is 9.54. The van der Waals surface area contributed by atoms with E-state index in [4.69, 9.17) is 10.5 Å². The van der Waals surface area contributed by atoms with Crippen LogP contribution in [0.1, 0.15) is 56.6 Å². The number of rotatable bonds is 10. The molecule has 136 valence electrons. The first-order valence-corrected chi connectivity index (χ1v) is 9.38. The van der Waals surface area contributed by atoms with Gasteiger partial charge in [0.1, 0.15) is 5.75 Å². The summed E-state index contributed by atoms with van der Waals surface area (Å²) >= 11 is 0. The quantitative estimate of drug-likeness (QED) is 0.575. The average molecular weight is 335 g/mol. The molecular weight excluding hydrogens is 302 g/mol. The lowest BCUT2D eigenvalue weighted by Crippen LogP contribution is -2.55. The molecule has 1 aromatic carbocycles. The normalized spacial score (nSPS) is 17.6. The molecule has 4 N–H and O–H groups in total. The molecule has 0 radical (unpaired) electrons. The van der Waals surface area contributed by atoms with Gasteiger partial charge in [0.15, 0.2) is 0 Å². The van der Waals surface area contributed by atoms with Crippen LogP contribution in [0.2, 0.25) is 0 Å². The molecule has 0 unspecified atom stereocenters. The van der Waals surface area contributed by atoms with E-state index in [1.165, 1.54) is 36.8 Å². The van der Waals surface area contributed by atoms with Gasteiger partial charge in [-0.1, -0.05) is 38.7 Å². The highest BCUT2D eigenvalue weighted by Crippen LogP contribution is 2.33. The smallest absolute Gasteiger partial charge is 0.119 e. The third-order valence-corrected chi connectivity index (χ3v) is 5.32. The van der Waals surface area contributed by atoms with Crippen LogP contribution in [0.15, 0.2) is 18.2 Å². The van der Waals surface area contributed by atoms with Crippen LogP contribution in [-0.2, 0) is 12.8 Å². The molecule has 4 heteroatoms. The Kier molecular flexibility index (Phi) is 7.53. The molecule has 0 aliphatic heterocycles. The molecule has 0 amide bonds. The Morgan fingerprint density at radius 1 is 1.12 bits per heavy atom. The topological polar surface area (TPSA) is 75.7 Å². The molecule has 0 fully saturated rings. The Hall–Kier alpha value is -1.10. The van der Waals surface area contributed by atoms with Crippen molar-refractivity contribution >= 4 is 0 Å². The number of aliphatic hydroxyl groups excluding tert-OH is 2. The number of unbranched alkanes of at least 4 members (excludes halogenated alkanes) is 4. The maximum Gasteiger partial charge on any atom is 0.119 e. The monoisotopic (exact) mass is 335 g/mol. The van der Waals surface area contributed by atoms with Crippen molar-refractivity contribution in [3.63, 3.8) is 0 Å². The number of aryl methyl sites for hydroxylation is 1. The summed E-state index contributed by atoms with van der Waals surface area (Å²) in [6.07, 6.45) is 8.81. The fourth-order valence-electron chi connectivity index (χ4n) is 3.52. The number of ether oxygens (including phenoxy) is 1. The molecule has 1 aromatic rings. The molecule has 0 saturated carbocycles. The van der Waals surface area contributed by atoms with Crippen molar-refractivity contribution in [2.75, 3.05) is 19.8 Å². The van der Waals surface area contributed by atoms with E-state index >= 15 is 0 Å². The third kappa shape index (κ3) is 4.95. The second-order valence-electron chi connectivity index (χ2n) is 7.18. The number of hydrogen-bond acceptors (Lipinski definition) is 4. The van der Waals surface area contributed by atoms with Gasteiger partial charge in [-0.15, -0.1) is 0 Å². The van der Waals surface area contributed by atoms with Gasteiger partial charge in [-0.05, 0) is 54.9 Å². The molecule has 4 nitrogen and oxygen atoms in total. The van der Waals surface area contributed by atoms with E-state index in [1.807, 2.05) is 0 Å². The molecule has 1 aliphatic rings. The predicted molar refractivity (Wildman–Crippen MR) is 97.3 cm³/mol. The fourth-order valence-corrected chi connectivity index (χ4v) is 3.52. The highest BCUT2D eigenvalue weighted by molar-refractivity contribution is 5.38. The number of hydrogen-bond donors (Lipinski definition) is 3. The van der Waals surface area contributed by atoms with Gasteiger partial charge in [0.2, 0.25) is 0 Å². The maximum absolute atomic E-state index is 9.54. The van der Waals surface area contributed by atoms with E-state index in [0.29, 0.717) is 0 Å². The first-order chi connectivity index (χ1) is 11.6. The zero-order valence-electron chi connectivity index (χ0n) is 15.0. The SMILES string of the molecule is CCCCCCCOc1ccc2c(c1)C[C@H](C(N)(CO)CO)CC2. The third-order valence-electron chi connectivity index (χ3n) is 5.32. The molecule has 24 heavy (non-hydrogen) atoms. The van der Waals surface area contributed by atoms with Gasteiger partial charge in [0.05, 0.1) is 25.4 Å². The minimum Gasteiger partial charge on any atom is -0.494 e. The Labute approximate surface area is 146 Å². The van der Waals surface area contributed by atoms with Crippen molar-refractivity contribution < 1.29 is 14.9 Å². The first-order valence-electron chi connectivity index (χ1n) is 9.38. The lowest BCUT2D eigenvalue weighted by atomic mass is 9.73. The summed E-state index contributed by atoms with van der Waals surface area (Å²) < 4.78 is 5.90. The van der Waals surface area contributed by atoms with Crippen LogP contribution in [0.3, 0.4) is 0 Å². The minimum absolute atomic E-state index is 0.101. The van der Waals surface area contributed by atoms with Crippen LogP contribution in [0, 0.1) is 5.92 Å². The molecule has 1 aliphatic carbocycles. The Bertz CT molecular complexity index is 500. The van der Waals surface area contributed by atoms with Crippen molar-refractivity contribution in [1.29, 1.82) is 0 Å². The van der Waals surface area contributed by atoms with E-state index in [2.05, 4.69) is 25.1 Å². The van der Waals surface area contributed by atoms with Gasteiger partial charge in [-0.2, -0.15) is 0 Å². The van der Waals surface area contributed by atoms with Gasteiger partial charge >= 0.3 is 0 Å². The number of fused-ring (bicyclic) bond motifs is 1. The van der Waals surface area contributed by atoms with Crippen molar-refractivity contribution in [1.82, 2.24) is 0 Å². The van der Waals surface area contributed by atoms with Crippen molar-refractivity contribution in [3.8, 4) is 5.75 Å².